The SMILES string of the molecule is CCCNC(C)c1ccc(OC)cc1OC(C#N)CC. The molecule has 0 amide bonds. The molecule has 1 aromatic rings. The van der Waals surface area contributed by atoms with E-state index in [1.54, 1.807) is 7.11 Å². The molecule has 1 N–H and O–H groups in total. The van der Waals surface area contributed by atoms with Gasteiger partial charge in [0.2, 0.25) is 0 Å². The maximum atomic E-state index is 9.06. The first-order valence-corrected chi connectivity index (χ1v) is 7.13. The van der Waals surface area contributed by atoms with E-state index in [0.717, 1.165) is 24.3 Å². The first-order valence-electron chi connectivity index (χ1n) is 7.13. The molecule has 0 saturated carbocycles. The number of nitrogens with zero attached hydrogens (tertiary/aromatic N) is 1. The minimum atomic E-state index is -0.431. The summed E-state index contributed by atoms with van der Waals surface area (Å²) >= 11 is 0. The van der Waals surface area contributed by atoms with E-state index in [1.807, 2.05) is 25.1 Å². The van der Waals surface area contributed by atoms with Crippen LogP contribution in [0.5, 0.6) is 11.5 Å². The molecule has 0 spiro atoms. The van der Waals surface area contributed by atoms with Gasteiger partial charge >= 0.3 is 0 Å². The van der Waals surface area contributed by atoms with Gasteiger partial charge in [0.25, 0.3) is 0 Å². The van der Waals surface area contributed by atoms with Crippen LogP contribution in [0.1, 0.15) is 45.2 Å². The van der Waals surface area contributed by atoms with Crippen LogP contribution >= 0.6 is 0 Å². The highest BCUT2D eigenvalue weighted by atomic mass is 16.5. The number of hydrogen-bond acceptors (Lipinski definition) is 4. The Bertz CT molecular complexity index is 454. The number of nitriles is 1. The number of nitrogens with one attached hydrogen (secondary N) is 1. The quantitative estimate of drug-likeness (QED) is 0.790. The molecule has 0 bridgehead atoms. The molecule has 1 aromatic carbocycles. The van der Waals surface area contributed by atoms with E-state index in [4.69, 9.17) is 14.7 Å². The van der Waals surface area contributed by atoms with Crippen molar-refractivity contribution in [2.24, 2.45) is 0 Å². The molecule has 0 aromatic heterocycles. The van der Waals surface area contributed by atoms with Crippen molar-refractivity contribution in [1.82, 2.24) is 5.32 Å². The van der Waals surface area contributed by atoms with Crippen molar-refractivity contribution in [2.75, 3.05) is 13.7 Å². The Morgan fingerprint density at radius 1 is 1.35 bits per heavy atom. The van der Waals surface area contributed by atoms with Crippen molar-refractivity contribution in [3.05, 3.63) is 23.8 Å². The molecule has 0 radical (unpaired) electrons. The second kappa shape index (κ2) is 8.44. The number of rotatable bonds is 8. The van der Waals surface area contributed by atoms with Crippen molar-refractivity contribution in [2.45, 2.75) is 45.8 Å². The van der Waals surface area contributed by atoms with Gasteiger partial charge in [0.1, 0.15) is 17.6 Å². The predicted molar refractivity (Wildman–Crippen MR) is 80.0 cm³/mol. The third kappa shape index (κ3) is 4.43. The van der Waals surface area contributed by atoms with Crippen LogP contribution in [0, 0.1) is 11.3 Å². The van der Waals surface area contributed by atoms with Gasteiger partial charge in [0.05, 0.1) is 7.11 Å². The topological polar surface area (TPSA) is 54.3 Å². The average molecular weight is 276 g/mol. The Kier molecular flexibility index (Phi) is 6.89. The van der Waals surface area contributed by atoms with Crippen LogP contribution in [0.3, 0.4) is 0 Å². The normalized spacial score (nSPS) is 13.3. The summed E-state index contributed by atoms with van der Waals surface area (Å²) in [5, 5.41) is 12.5. The van der Waals surface area contributed by atoms with Gasteiger partial charge in [-0.1, -0.05) is 19.9 Å². The summed E-state index contributed by atoms with van der Waals surface area (Å²) in [6.45, 7) is 7.11. The maximum Gasteiger partial charge on any atom is 0.184 e. The molecule has 4 heteroatoms. The molecule has 0 fully saturated rings. The molecule has 110 valence electrons. The second-order valence-electron chi connectivity index (χ2n) is 4.72. The lowest BCUT2D eigenvalue weighted by molar-refractivity contribution is 0.246. The molecule has 2 atom stereocenters. The van der Waals surface area contributed by atoms with E-state index >= 15 is 0 Å². The van der Waals surface area contributed by atoms with E-state index in [2.05, 4.69) is 25.2 Å². The van der Waals surface area contributed by atoms with Crippen molar-refractivity contribution < 1.29 is 9.47 Å². The van der Waals surface area contributed by atoms with E-state index in [9.17, 15) is 0 Å². The number of ether oxygens (including phenoxy) is 2. The Labute approximate surface area is 121 Å². The summed E-state index contributed by atoms with van der Waals surface area (Å²) in [5.74, 6) is 1.45. The van der Waals surface area contributed by atoms with Gasteiger partial charge < -0.3 is 14.8 Å². The highest BCUT2D eigenvalue weighted by molar-refractivity contribution is 5.42. The molecular weight excluding hydrogens is 252 g/mol. The summed E-state index contributed by atoms with van der Waals surface area (Å²) in [6.07, 6.45) is 1.30. The first kappa shape index (κ1) is 16.3. The van der Waals surface area contributed by atoms with Crippen LogP contribution < -0.4 is 14.8 Å². The van der Waals surface area contributed by atoms with Crippen molar-refractivity contribution in [3.8, 4) is 17.6 Å². The minimum Gasteiger partial charge on any atom is -0.497 e. The largest absolute Gasteiger partial charge is 0.497 e. The smallest absolute Gasteiger partial charge is 0.184 e. The number of benzene rings is 1. The highest BCUT2D eigenvalue weighted by Crippen LogP contribution is 2.30. The number of hydrogen-bond donors (Lipinski definition) is 1. The fraction of sp³-hybridized carbons (Fsp3) is 0.562. The van der Waals surface area contributed by atoms with Crippen LogP contribution in [-0.2, 0) is 0 Å². The maximum absolute atomic E-state index is 9.06. The Morgan fingerprint density at radius 2 is 2.10 bits per heavy atom. The van der Waals surface area contributed by atoms with Gasteiger partial charge in [-0.3, -0.25) is 0 Å². The molecule has 2 unspecified atom stereocenters. The lowest BCUT2D eigenvalue weighted by atomic mass is 10.1. The molecule has 4 nitrogen and oxygen atoms in total. The zero-order chi connectivity index (χ0) is 15.0. The Balaban J connectivity index is 3.00. The molecule has 20 heavy (non-hydrogen) atoms. The van der Waals surface area contributed by atoms with Gasteiger partial charge in [0, 0.05) is 17.7 Å². The van der Waals surface area contributed by atoms with Crippen molar-refractivity contribution >= 4 is 0 Å². The van der Waals surface area contributed by atoms with Gasteiger partial charge in [0.15, 0.2) is 6.10 Å². The fourth-order valence-corrected chi connectivity index (χ4v) is 1.93. The zero-order valence-corrected chi connectivity index (χ0v) is 12.8. The molecule has 1 rings (SSSR count). The lowest BCUT2D eigenvalue weighted by Gasteiger charge is -2.20. The van der Waals surface area contributed by atoms with Crippen LogP contribution in [-0.4, -0.2) is 19.8 Å². The third-order valence-corrected chi connectivity index (χ3v) is 3.17. The van der Waals surface area contributed by atoms with Gasteiger partial charge in [-0.2, -0.15) is 5.26 Å². The highest BCUT2D eigenvalue weighted by Gasteiger charge is 2.15. The molecular formula is C16H24N2O2. The second-order valence-corrected chi connectivity index (χ2v) is 4.72. The van der Waals surface area contributed by atoms with Gasteiger partial charge in [-0.15, -0.1) is 0 Å². The fourth-order valence-electron chi connectivity index (χ4n) is 1.93. The minimum absolute atomic E-state index is 0.173. The summed E-state index contributed by atoms with van der Waals surface area (Å²) in [7, 11) is 1.62. The van der Waals surface area contributed by atoms with E-state index in [0.29, 0.717) is 12.2 Å². The summed E-state index contributed by atoms with van der Waals surface area (Å²) in [5.41, 5.74) is 1.05. The van der Waals surface area contributed by atoms with Crippen LogP contribution in [0.4, 0.5) is 0 Å². The summed E-state index contributed by atoms with van der Waals surface area (Å²) in [4.78, 5) is 0. The van der Waals surface area contributed by atoms with Crippen LogP contribution in [0.2, 0.25) is 0 Å². The average Bonchev–Trinajstić information content (AvgIpc) is 2.49. The standard InChI is InChI=1S/C16H24N2O2/c1-5-9-18-12(3)15-8-7-14(19-4)10-16(15)20-13(6-2)11-17/h7-8,10,12-13,18H,5-6,9H2,1-4H3. The first-order chi connectivity index (χ1) is 9.65. The molecule has 0 aliphatic rings. The zero-order valence-electron chi connectivity index (χ0n) is 12.8. The summed E-state index contributed by atoms with van der Waals surface area (Å²) < 4.78 is 11.0. The predicted octanol–water partition coefficient (Wildman–Crippen LogP) is 3.44. The molecule has 0 aliphatic heterocycles. The van der Waals surface area contributed by atoms with Gasteiger partial charge in [-0.05, 0) is 32.4 Å². The van der Waals surface area contributed by atoms with Crippen molar-refractivity contribution in [3.63, 3.8) is 0 Å². The van der Waals surface area contributed by atoms with E-state index in [1.165, 1.54) is 0 Å². The van der Waals surface area contributed by atoms with Crippen LogP contribution in [0.15, 0.2) is 18.2 Å². The Morgan fingerprint density at radius 3 is 2.65 bits per heavy atom. The molecule has 0 aliphatic carbocycles. The summed E-state index contributed by atoms with van der Waals surface area (Å²) in [6, 6.07) is 8.09. The molecule has 0 heterocycles. The Hall–Kier alpha value is -1.73. The molecule has 0 saturated heterocycles. The monoisotopic (exact) mass is 276 g/mol. The van der Waals surface area contributed by atoms with Crippen molar-refractivity contribution in [1.29, 1.82) is 5.26 Å². The third-order valence-electron chi connectivity index (χ3n) is 3.17. The van der Waals surface area contributed by atoms with E-state index < -0.39 is 6.10 Å². The lowest BCUT2D eigenvalue weighted by Crippen LogP contribution is -2.21. The van der Waals surface area contributed by atoms with E-state index in [-0.39, 0.29) is 6.04 Å². The van der Waals surface area contributed by atoms with Gasteiger partial charge in [-0.25, -0.2) is 0 Å². The number of methoxy groups -OCH3 is 1. The van der Waals surface area contributed by atoms with Crippen LogP contribution in [0.25, 0.3) is 0 Å².